The molecule has 0 amide bonds. The van der Waals surface area contributed by atoms with E-state index in [2.05, 4.69) is 6.07 Å². The summed E-state index contributed by atoms with van der Waals surface area (Å²) in [5.74, 6) is 0.143. The summed E-state index contributed by atoms with van der Waals surface area (Å²) in [6.45, 7) is 4.81. The molecule has 1 saturated heterocycles. The van der Waals surface area contributed by atoms with Crippen molar-refractivity contribution in [3.8, 4) is 6.07 Å². The van der Waals surface area contributed by atoms with Crippen LogP contribution in [0.2, 0.25) is 0 Å². The number of hydrogen-bond donors (Lipinski definition) is 1. The van der Waals surface area contributed by atoms with Crippen molar-refractivity contribution >= 4 is 0 Å². The van der Waals surface area contributed by atoms with E-state index in [1.165, 1.54) is 0 Å². The van der Waals surface area contributed by atoms with E-state index in [0.717, 1.165) is 19.4 Å². The normalized spacial score (nSPS) is 27.7. The van der Waals surface area contributed by atoms with Crippen LogP contribution in [0.15, 0.2) is 0 Å². The summed E-state index contributed by atoms with van der Waals surface area (Å²) >= 11 is 0. The first-order valence-electron chi connectivity index (χ1n) is 5.46. The number of ether oxygens (including phenoxy) is 2. The van der Waals surface area contributed by atoms with E-state index in [1.54, 1.807) is 13.8 Å². The van der Waals surface area contributed by atoms with Crippen LogP contribution in [0.1, 0.15) is 26.7 Å². The Morgan fingerprint density at radius 1 is 1.53 bits per heavy atom. The van der Waals surface area contributed by atoms with Crippen LogP contribution in [-0.2, 0) is 9.47 Å². The molecule has 1 rings (SSSR count). The molecular formula is C11H19NO3. The van der Waals surface area contributed by atoms with E-state index < -0.39 is 12.2 Å². The quantitative estimate of drug-likeness (QED) is 0.759. The minimum atomic E-state index is -0.551. The van der Waals surface area contributed by atoms with E-state index in [-0.39, 0.29) is 12.0 Å². The van der Waals surface area contributed by atoms with Crippen molar-refractivity contribution in [2.75, 3.05) is 13.2 Å². The lowest BCUT2D eigenvalue weighted by atomic mass is 9.96. The summed E-state index contributed by atoms with van der Waals surface area (Å²) in [6.07, 6.45) is 0.622. The zero-order valence-electron chi connectivity index (χ0n) is 9.35. The van der Waals surface area contributed by atoms with Gasteiger partial charge in [0, 0.05) is 12.5 Å². The molecule has 0 aromatic rings. The maximum absolute atomic E-state index is 9.30. The molecule has 1 fully saturated rings. The topological polar surface area (TPSA) is 62.5 Å². The molecule has 1 aliphatic heterocycles. The summed E-state index contributed by atoms with van der Waals surface area (Å²) in [6, 6.07) is 2.14. The summed E-state index contributed by atoms with van der Waals surface area (Å²) < 4.78 is 10.8. The predicted molar refractivity (Wildman–Crippen MR) is 55.2 cm³/mol. The first-order chi connectivity index (χ1) is 7.15. The zero-order chi connectivity index (χ0) is 11.3. The van der Waals surface area contributed by atoms with Gasteiger partial charge < -0.3 is 14.6 Å². The second-order valence-corrected chi connectivity index (χ2v) is 4.11. The van der Waals surface area contributed by atoms with E-state index in [0.29, 0.717) is 6.61 Å². The Morgan fingerprint density at radius 3 is 2.73 bits per heavy atom. The van der Waals surface area contributed by atoms with Crippen molar-refractivity contribution in [1.82, 2.24) is 0 Å². The van der Waals surface area contributed by atoms with E-state index in [4.69, 9.17) is 14.7 Å². The Labute approximate surface area is 90.8 Å². The zero-order valence-corrected chi connectivity index (χ0v) is 9.35. The van der Waals surface area contributed by atoms with Gasteiger partial charge in [-0.2, -0.15) is 5.26 Å². The molecule has 1 heterocycles. The molecule has 4 heteroatoms. The van der Waals surface area contributed by atoms with Gasteiger partial charge in [0.15, 0.2) is 0 Å². The van der Waals surface area contributed by atoms with Gasteiger partial charge in [0.2, 0.25) is 0 Å². The monoisotopic (exact) mass is 213 g/mol. The first-order valence-corrected chi connectivity index (χ1v) is 5.46. The van der Waals surface area contributed by atoms with Crippen molar-refractivity contribution in [3.05, 3.63) is 0 Å². The molecule has 0 aromatic carbocycles. The number of aliphatic hydroxyl groups is 1. The highest BCUT2D eigenvalue weighted by Gasteiger charge is 2.27. The highest BCUT2D eigenvalue weighted by molar-refractivity contribution is 4.91. The first kappa shape index (κ1) is 12.4. The third-order valence-corrected chi connectivity index (χ3v) is 2.79. The van der Waals surface area contributed by atoms with Gasteiger partial charge in [-0.15, -0.1) is 0 Å². The van der Waals surface area contributed by atoms with Crippen molar-refractivity contribution < 1.29 is 14.6 Å². The summed E-state index contributed by atoms with van der Waals surface area (Å²) in [5, 5.41) is 18.3. The largest absolute Gasteiger partial charge is 0.391 e. The number of hydrogen-bond acceptors (Lipinski definition) is 4. The van der Waals surface area contributed by atoms with Gasteiger partial charge in [0.05, 0.1) is 24.9 Å². The van der Waals surface area contributed by atoms with Crippen LogP contribution in [0.25, 0.3) is 0 Å². The van der Waals surface area contributed by atoms with Gasteiger partial charge in [-0.1, -0.05) is 0 Å². The number of nitriles is 1. The van der Waals surface area contributed by atoms with Crippen LogP contribution >= 0.6 is 0 Å². The fourth-order valence-electron chi connectivity index (χ4n) is 1.60. The molecule has 1 aliphatic rings. The maximum atomic E-state index is 9.30. The maximum Gasteiger partial charge on any atom is 0.149 e. The van der Waals surface area contributed by atoms with Crippen molar-refractivity contribution in [2.24, 2.45) is 5.92 Å². The van der Waals surface area contributed by atoms with Crippen LogP contribution in [0.5, 0.6) is 0 Å². The minimum absolute atomic E-state index is 0.143. The molecule has 15 heavy (non-hydrogen) atoms. The van der Waals surface area contributed by atoms with Gasteiger partial charge in [-0.05, 0) is 26.7 Å². The minimum Gasteiger partial charge on any atom is -0.391 e. The predicted octanol–water partition coefficient (Wildman–Crippen LogP) is 1.09. The molecule has 4 unspecified atom stereocenters. The van der Waals surface area contributed by atoms with Crippen LogP contribution in [0, 0.1) is 17.2 Å². The summed E-state index contributed by atoms with van der Waals surface area (Å²) in [4.78, 5) is 0. The Bertz CT molecular complexity index is 218. The van der Waals surface area contributed by atoms with Crippen molar-refractivity contribution in [2.45, 2.75) is 45.0 Å². The average Bonchev–Trinajstić information content (AvgIpc) is 2.26. The molecule has 0 aromatic heterocycles. The SMILES string of the molecule is CC(O)C(C)OC(C#N)C1CCCOC1. The molecule has 0 aliphatic carbocycles. The van der Waals surface area contributed by atoms with Gasteiger partial charge >= 0.3 is 0 Å². The Hall–Kier alpha value is -0.630. The lowest BCUT2D eigenvalue weighted by molar-refractivity contribution is -0.0835. The van der Waals surface area contributed by atoms with Gasteiger partial charge in [0.1, 0.15) is 6.10 Å². The standard InChI is InChI=1S/C11H19NO3/c1-8(13)9(2)15-11(6-12)10-4-3-5-14-7-10/h8-11,13H,3-5,7H2,1-2H3. The smallest absolute Gasteiger partial charge is 0.149 e. The molecular weight excluding hydrogens is 194 g/mol. The van der Waals surface area contributed by atoms with E-state index in [1.807, 2.05) is 0 Å². The van der Waals surface area contributed by atoms with E-state index >= 15 is 0 Å². The number of nitrogens with zero attached hydrogens (tertiary/aromatic N) is 1. The lowest BCUT2D eigenvalue weighted by Gasteiger charge is -2.28. The highest BCUT2D eigenvalue weighted by atomic mass is 16.5. The van der Waals surface area contributed by atoms with Crippen molar-refractivity contribution in [1.29, 1.82) is 5.26 Å². The van der Waals surface area contributed by atoms with Gasteiger partial charge in [-0.25, -0.2) is 0 Å². The molecule has 0 bridgehead atoms. The molecule has 1 N–H and O–H groups in total. The number of rotatable bonds is 4. The average molecular weight is 213 g/mol. The molecule has 86 valence electrons. The summed E-state index contributed by atoms with van der Waals surface area (Å²) in [5.41, 5.74) is 0. The Balaban J connectivity index is 2.44. The fourth-order valence-corrected chi connectivity index (χ4v) is 1.60. The van der Waals surface area contributed by atoms with Crippen LogP contribution in [0.3, 0.4) is 0 Å². The van der Waals surface area contributed by atoms with Crippen LogP contribution in [0.4, 0.5) is 0 Å². The highest BCUT2D eigenvalue weighted by Crippen LogP contribution is 2.21. The summed E-state index contributed by atoms with van der Waals surface area (Å²) in [7, 11) is 0. The second-order valence-electron chi connectivity index (χ2n) is 4.11. The Morgan fingerprint density at radius 2 is 2.27 bits per heavy atom. The molecule has 4 nitrogen and oxygen atoms in total. The van der Waals surface area contributed by atoms with Gasteiger partial charge in [-0.3, -0.25) is 0 Å². The molecule has 0 saturated carbocycles. The van der Waals surface area contributed by atoms with E-state index in [9.17, 15) is 5.11 Å². The third-order valence-electron chi connectivity index (χ3n) is 2.79. The number of aliphatic hydroxyl groups excluding tert-OH is 1. The van der Waals surface area contributed by atoms with Crippen LogP contribution < -0.4 is 0 Å². The molecule has 4 atom stereocenters. The second kappa shape index (κ2) is 6.06. The third kappa shape index (κ3) is 3.78. The Kier molecular flexibility index (Phi) is 5.03. The van der Waals surface area contributed by atoms with Crippen LogP contribution in [-0.4, -0.2) is 36.6 Å². The van der Waals surface area contributed by atoms with Crippen molar-refractivity contribution in [3.63, 3.8) is 0 Å². The lowest BCUT2D eigenvalue weighted by Crippen LogP contribution is -2.35. The molecule has 0 radical (unpaired) electrons. The fraction of sp³-hybridized carbons (Fsp3) is 0.909. The van der Waals surface area contributed by atoms with Gasteiger partial charge in [0.25, 0.3) is 0 Å². The molecule has 0 spiro atoms.